The second-order valence-electron chi connectivity index (χ2n) is 9.83. The Hall–Kier alpha value is -3.00. The highest BCUT2D eigenvalue weighted by Crippen LogP contribution is 2.50. The molecule has 1 aliphatic rings. The van der Waals surface area contributed by atoms with E-state index in [1.54, 1.807) is 30.6 Å². The van der Waals surface area contributed by atoms with E-state index >= 15 is 0 Å². The van der Waals surface area contributed by atoms with Crippen molar-refractivity contribution in [2.45, 2.75) is 84.4 Å². The van der Waals surface area contributed by atoms with Crippen LogP contribution in [0.15, 0.2) is 43.0 Å². The van der Waals surface area contributed by atoms with Crippen molar-refractivity contribution in [2.24, 2.45) is 0 Å². The zero-order valence-electron chi connectivity index (χ0n) is 23.0. The Morgan fingerprint density at radius 3 is 2.64 bits per heavy atom. The Balaban J connectivity index is 1.54. The molecule has 1 aliphatic heterocycles. The molecule has 2 unspecified atom stereocenters. The molecule has 4 atom stereocenters. The summed E-state index contributed by atoms with van der Waals surface area (Å²) in [5.41, 5.74) is 1.57. The second-order valence-corrected chi connectivity index (χ2v) is 11.2. The van der Waals surface area contributed by atoms with Crippen molar-refractivity contribution in [3.8, 4) is 6.07 Å². The lowest BCUT2D eigenvalue weighted by atomic mass is 10.1. The minimum absolute atomic E-state index is 0.155. The molecule has 1 aromatic carbocycles. The summed E-state index contributed by atoms with van der Waals surface area (Å²) in [6, 6.07) is 11.5. The molecular formula is C27H36N7O4P. The highest BCUT2D eigenvalue weighted by atomic mass is 31.2. The highest BCUT2D eigenvalue weighted by molar-refractivity contribution is 7.44. The van der Waals surface area contributed by atoms with Gasteiger partial charge < -0.3 is 19.1 Å². The lowest BCUT2D eigenvalue weighted by Crippen LogP contribution is -2.35. The zero-order chi connectivity index (χ0) is 27.9. The number of ether oxygens (including phenoxy) is 1. The van der Waals surface area contributed by atoms with Crippen LogP contribution in [0.4, 0.5) is 5.82 Å². The number of nitriles is 1. The molecule has 1 saturated heterocycles. The van der Waals surface area contributed by atoms with E-state index in [1.807, 2.05) is 10.6 Å². The van der Waals surface area contributed by atoms with Gasteiger partial charge in [0.25, 0.3) is 14.4 Å². The van der Waals surface area contributed by atoms with E-state index in [9.17, 15) is 4.79 Å². The third-order valence-corrected chi connectivity index (χ3v) is 8.56. The predicted octanol–water partition coefficient (Wildman–Crippen LogP) is 5.44. The lowest BCUT2D eigenvalue weighted by molar-refractivity contribution is -0.0166. The van der Waals surface area contributed by atoms with Crippen LogP contribution in [0.25, 0.3) is 11.2 Å². The Morgan fingerprint density at radius 2 is 1.97 bits per heavy atom. The summed E-state index contributed by atoms with van der Waals surface area (Å²) in [7, 11) is -1.40. The van der Waals surface area contributed by atoms with Crippen LogP contribution in [0.2, 0.25) is 0 Å². The van der Waals surface area contributed by atoms with Gasteiger partial charge >= 0.3 is 0 Å². The second kappa shape index (κ2) is 13.4. The minimum Gasteiger partial charge on any atom is -0.352 e. The number of nitrogens with zero attached hydrogens (tertiary/aromatic N) is 6. The summed E-state index contributed by atoms with van der Waals surface area (Å²) < 4.78 is 23.2. The number of carbonyl (C=O) groups is 1. The van der Waals surface area contributed by atoms with Crippen LogP contribution in [0.1, 0.15) is 70.5 Å². The molecule has 11 nitrogen and oxygen atoms in total. The van der Waals surface area contributed by atoms with E-state index in [4.69, 9.17) is 19.0 Å². The minimum atomic E-state index is -1.40. The monoisotopic (exact) mass is 553 g/mol. The number of amides is 1. The van der Waals surface area contributed by atoms with Gasteiger partial charge in [-0.3, -0.25) is 9.36 Å². The van der Waals surface area contributed by atoms with Crippen LogP contribution in [0, 0.1) is 11.3 Å². The number of hydrogen-bond acceptors (Lipinski definition) is 9. The van der Waals surface area contributed by atoms with Crippen LogP contribution in [0.3, 0.4) is 0 Å². The van der Waals surface area contributed by atoms with E-state index in [2.05, 4.69) is 65.6 Å². The summed E-state index contributed by atoms with van der Waals surface area (Å²) in [5.74, 6) is 0.0655. The SMILES string of the molecule is CC[C@H]1O[C@@H](n2cnc3c(NC(=O)c4ccccc4)ncnc32)CC1OP(OCCC#N)N(C(C)C)C(C)C. The first-order valence-corrected chi connectivity index (χ1v) is 14.4. The van der Waals surface area contributed by atoms with Crippen LogP contribution in [0.5, 0.6) is 0 Å². The van der Waals surface area contributed by atoms with Crippen molar-refractivity contribution in [3.63, 3.8) is 0 Å². The molecule has 1 fully saturated rings. The molecule has 0 spiro atoms. The summed E-state index contributed by atoms with van der Waals surface area (Å²) in [6.07, 6.45) is 3.97. The summed E-state index contributed by atoms with van der Waals surface area (Å²) in [6.45, 7) is 10.8. The van der Waals surface area contributed by atoms with Gasteiger partial charge in [-0.1, -0.05) is 25.1 Å². The first-order valence-electron chi connectivity index (χ1n) is 13.3. The van der Waals surface area contributed by atoms with Gasteiger partial charge in [-0.25, -0.2) is 19.6 Å². The average molecular weight is 554 g/mol. The summed E-state index contributed by atoms with van der Waals surface area (Å²) in [5, 5.41) is 11.9. The van der Waals surface area contributed by atoms with Crippen LogP contribution in [-0.2, 0) is 13.8 Å². The van der Waals surface area contributed by atoms with Crippen molar-refractivity contribution in [1.29, 1.82) is 5.26 Å². The number of nitrogens with one attached hydrogen (secondary N) is 1. The fourth-order valence-electron chi connectivity index (χ4n) is 4.68. The smallest absolute Gasteiger partial charge is 0.259 e. The maximum absolute atomic E-state index is 12.7. The van der Waals surface area contributed by atoms with Gasteiger partial charge in [-0.15, -0.1) is 0 Å². The van der Waals surface area contributed by atoms with Crippen LogP contribution in [-0.4, -0.2) is 61.0 Å². The molecule has 39 heavy (non-hydrogen) atoms. The topological polar surface area (TPSA) is 127 Å². The number of aromatic nitrogens is 4. The third-order valence-electron chi connectivity index (χ3n) is 6.41. The van der Waals surface area contributed by atoms with Gasteiger partial charge in [0.1, 0.15) is 12.6 Å². The number of benzene rings is 1. The molecule has 3 aromatic rings. The fraction of sp³-hybridized carbons (Fsp3) is 0.519. The van der Waals surface area contributed by atoms with E-state index in [-0.39, 0.29) is 36.4 Å². The van der Waals surface area contributed by atoms with Crippen molar-refractivity contribution in [2.75, 3.05) is 11.9 Å². The Bertz CT molecular complexity index is 1270. The molecular weight excluding hydrogens is 517 g/mol. The summed E-state index contributed by atoms with van der Waals surface area (Å²) in [4.78, 5) is 25.9. The first-order chi connectivity index (χ1) is 18.8. The number of hydrogen-bond donors (Lipinski definition) is 1. The van der Waals surface area contributed by atoms with E-state index in [0.29, 0.717) is 42.0 Å². The van der Waals surface area contributed by atoms with Crippen molar-refractivity contribution >= 4 is 31.4 Å². The quantitative estimate of drug-likeness (QED) is 0.230. The number of anilines is 1. The molecule has 0 radical (unpaired) electrons. The number of fused-ring (bicyclic) bond motifs is 1. The average Bonchev–Trinajstić information content (AvgIpc) is 3.53. The number of imidazole rings is 1. The molecule has 1 N–H and O–H groups in total. The summed E-state index contributed by atoms with van der Waals surface area (Å²) >= 11 is 0. The van der Waals surface area contributed by atoms with Crippen molar-refractivity contribution < 1.29 is 18.6 Å². The molecule has 0 bridgehead atoms. The molecule has 1 amide bonds. The van der Waals surface area contributed by atoms with E-state index < -0.39 is 8.53 Å². The molecule has 208 valence electrons. The van der Waals surface area contributed by atoms with Crippen LogP contribution < -0.4 is 5.32 Å². The molecule has 2 aromatic heterocycles. The molecule has 4 rings (SSSR count). The Kier molecular flexibility index (Phi) is 9.94. The van der Waals surface area contributed by atoms with Crippen molar-refractivity contribution in [3.05, 3.63) is 48.5 Å². The van der Waals surface area contributed by atoms with Gasteiger partial charge in [0.15, 0.2) is 17.0 Å². The molecule has 3 heterocycles. The zero-order valence-corrected chi connectivity index (χ0v) is 23.9. The molecule has 0 saturated carbocycles. The standard InChI is InChI=1S/C27H36N7O4P/c1-6-21-22(38-39(36-14-10-13-28)34(18(2)3)19(4)5)15-23(37-21)33-17-31-24-25(29-16-30-26(24)33)32-27(35)20-11-8-7-9-12-20/h7-9,11-12,16-19,21-23H,6,10,14-15H2,1-5H3,(H,29,30,32,35)/t21-,22?,23-,39?/m1/s1. The van der Waals surface area contributed by atoms with E-state index in [1.165, 1.54) is 6.33 Å². The maximum Gasteiger partial charge on any atom is 0.259 e. The molecule has 0 aliphatic carbocycles. The lowest BCUT2D eigenvalue weighted by Gasteiger charge is -2.37. The Morgan fingerprint density at radius 1 is 1.23 bits per heavy atom. The van der Waals surface area contributed by atoms with Crippen molar-refractivity contribution in [1.82, 2.24) is 24.2 Å². The van der Waals surface area contributed by atoms with Gasteiger partial charge in [-0.2, -0.15) is 5.26 Å². The van der Waals surface area contributed by atoms with Gasteiger partial charge in [0.2, 0.25) is 0 Å². The normalized spacial score (nSPS) is 20.1. The van der Waals surface area contributed by atoms with E-state index in [0.717, 1.165) is 6.42 Å². The fourth-order valence-corrected chi connectivity index (χ4v) is 6.44. The first kappa shape index (κ1) is 29.0. The van der Waals surface area contributed by atoms with Gasteiger partial charge in [0.05, 0.1) is 37.6 Å². The largest absolute Gasteiger partial charge is 0.352 e. The highest BCUT2D eigenvalue weighted by Gasteiger charge is 2.40. The van der Waals surface area contributed by atoms with Gasteiger partial charge in [0, 0.05) is 24.1 Å². The maximum atomic E-state index is 12.7. The molecule has 12 heteroatoms. The predicted molar refractivity (Wildman–Crippen MR) is 149 cm³/mol. The number of carbonyl (C=O) groups excluding carboxylic acids is 1. The third kappa shape index (κ3) is 6.78. The number of rotatable bonds is 12. The Labute approximate surface area is 230 Å². The van der Waals surface area contributed by atoms with Gasteiger partial charge in [-0.05, 0) is 46.2 Å². The van der Waals surface area contributed by atoms with Crippen LogP contribution >= 0.6 is 8.53 Å².